The lowest BCUT2D eigenvalue weighted by atomic mass is 10.2. The maximum Gasteiger partial charge on any atom is 0.309 e. The second-order valence-corrected chi connectivity index (χ2v) is 4.07. The lowest BCUT2D eigenvalue weighted by Crippen LogP contribution is -2.19. The summed E-state index contributed by atoms with van der Waals surface area (Å²) in [6.07, 6.45) is 0.495. The summed E-state index contributed by atoms with van der Waals surface area (Å²) in [6, 6.07) is 0. The largest absolute Gasteiger partial charge is 0.469 e. The number of esters is 1. The predicted octanol–water partition coefficient (Wildman–Crippen LogP) is 0.665. The maximum absolute atomic E-state index is 11.0. The van der Waals surface area contributed by atoms with E-state index in [-0.39, 0.29) is 17.8 Å². The summed E-state index contributed by atoms with van der Waals surface area (Å²) in [5.41, 5.74) is 0. The van der Waals surface area contributed by atoms with Gasteiger partial charge in [-0.25, -0.2) is 0 Å². The summed E-state index contributed by atoms with van der Waals surface area (Å²) in [7, 11) is 3.00. The third-order valence-corrected chi connectivity index (χ3v) is 2.95. The molecule has 4 nitrogen and oxygen atoms in total. The van der Waals surface area contributed by atoms with Crippen molar-refractivity contribution in [3.8, 4) is 0 Å². The molecular formula is C9H17NO3S. The maximum atomic E-state index is 11.0. The highest BCUT2D eigenvalue weighted by Crippen LogP contribution is 2.10. The second kappa shape index (κ2) is 7.67. The first kappa shape index (κ1) is 13.3. The van der Waals surface area contributed by atoms with Gasteiger partial charge in [0.1, 0.15) is 0 Å². The van der Waals surface area contributed by atoms with Crippen molar-refractivity contribution in [3.05, 3.63) is 0 Å². The molecule has 0 fully saturated rings. The highest BCUT2D eigenvalue weighted by atomic mass is 32.2. The molecule has 0 aliphatic rings. The fourth-order valence-electron chi connectivity index (χ4n) is 0.819. The normalized spacial score (nSPS) is 11.9. The molecule has 1 amide bonds. The van der Waals surface area contributed by atoms with E-state index in [4.69, 9.17) is 0 Å². The molecule has 0 aromatic heterocycles. The molecule has 5 heteroatoms. The number of rotatable bonds is 6. The Balaban J connectivity index is 3.45. The molecule has 1 unspecified atom stereocenters. The van der Waals surface area contributed by atoms with Gasteiger partial charge in [0, 0.05) is 25.0 Å². The van der Waals surface area contributed by atoms with Crippen LogP contribution in [0.15, 0.2) is 0 Å². The van der Waals surface area contributed by atoms with Crippen LogP contribution in [0.2, 0.25) is 0 Å². The molecule has 0 heterocycles. The number of amides is 1. The standard InChI is InChI=1S/C9H17NO3S/c1-7(9(12)13-3)6-14-5-4-8(11)10-2/h7H,4-6H2,1-3H3,(H,10,11). The highest BCUT2D eigenvalue weighted by Gasteiger charge is 2.12. The van der Waals surface area contributed by atoms with Gasteiger partial charge in [0.2, 0.25) is 5.91 Å². The SMILES string of the molecule is CNC(=O)CCSCC(C)C(=O)OC. The molecule has 1 atom stereocenters. The zero-order valence-corrected chi connectivity index (χ0v) is 9.65. The first-order valence-corrected chi connectivity index (χ1v) is 5.63. The minimum absolute atomic E-state index is 0.0308. The Labute approximate surface area is 88.8 Å². The van der Waals surface area contributed by atoms with E-state index in [1.165, 1.54) is 7.11 Å². The Kier molecular flexibility index (Phi) is 7.28. The van der Waals surface area contributed by atoms with Crippen LogP contribution in [0, 0.1) is 5.92 Å². The third-order valence-electron chi connectivity index (χ3n) is 1.72. The fourth-order valence-corrected chi connectivity index (χ4v) is 1.81. The average Bonchev–Trinajstić information content (AvgIpc) is 2.22. The summed E-state index contributed by atoms with van der Waals surface area (Å²) in [4.78, 5) is 21.8. The summed E-state index contributed by atoms with van der Waals surface area (Å²) in [6.45, 7) is 1.82. The Hall–Kier alpha value is -0.710. The molecular weight excluding hydrogens is 202 g/mol. The topological polar surface area (TPSA) is 55.4 Å². The molecule has 0 bridgehead atoms. The van der Waals surface area contributed by atoms with Crippen molar-refractivity contribution in [2.45, 2.75) is 13.3 Å². The second-order valence-electron chi connectivity index (χ2n) is 2.92. The monoisotopic (exact) mass is 219 g/mol. The van der Waals surface area contributed by atoms with Crippen molar-refractivity contribution in [3.63, 3.8) is 0 Å². The van der Waals surface area contributed by atoms with Gasteiger partial charge in [-0.05, 0) is 0 Å². The number of nitrogens with one attached hydrogen (secondary N) is 1. The third kappa shape index (κ3) is 5.85. The molecule has 0 aromatic rings. The van der Waals surface area contributed by atoms with Crippen LogP contribution in [0.25, 0.3) is 0 Å². The van der Waals surface area contributed by atoms with Gasteiger partial charge in [-0.2, -0.15) is 11.8 Å². The van der Waals surface area contributed by atoms with Crippen LogP contribution >= 0.6 is 11.8 Å². The lowest BCUT2D eigenvalue weighted by molar-refractivity contribution is -0.144. The van der Waals surface area contributed by atoms with Crippen molar-refractivity contribution >= 4 is 23.6 Å². The van der Waals surface area contributed by atoms with Gasteiger partial charge in [-0.15, -0.1) is 0 Å². The van der Waals surface area contributed by atoms with Crippen molar-refractivity contribution in [1.82, 2.24) is 5.32 Å². The van der Waals surface area contributed by atoms with Crippen molar-refractivity contribution in [1.29, 1.82) is 0 Å². The average molecular weight is 219 g/mol. The first-order chi connectivity index (χ1) is 6.61. The van der Waals surface area contributed by atoms with Crippen LogP contribution in [-0.4, -0.2) is 37.5 Å². The minimum atomic E-state index is -0.197. The molecule has 0 radical (unpaired) electrons. The number of carbonyl (C=O) groups is 2. The van der Waals surface area contributed by atoms with Gasteiger partial charge in [0.25, 0.3) is 0 Å². The van der Waals surface area contributed by atoms with Crippen molar-refractivity contribution in [2.75, 3.05) is 25.7 Å². The Bertz CT molecular complexity index is 196. The number of methoxy groups -OCH3 is 1. The highest BCUT2D eigenvalue weighted by molar-refractivity contribution is 7.99. The van der Waals surface area contributed by atoms with E-state index in [2.05, 4.69) is 10.1 Å². The van der Waals surface area contributed by atoms with Gasteiger partial charge < -0.3 is 10.1 Å². The van der Waals surface area contributed by atoms with Crippen molar-refractivity contribution in [2.24, 2.45) is 5.92 Å². The Morgan fingerprint density at radius 2 is 2.14 bits per heavy atom. The van der Waals surface area contributed by atoms with Crippen LogP contribution in [0.4, 0.5) is 0 Å². The van der Waals surface area contributed by atoms with E-state index in [1.54, 1.807) is 18.8 Å². The van der Waals surface area contributed by atoms with Gasteiger partial charge in [0.15, 0.2) is 0 Å². The molecule has 0 spiro atoms. The van der Waals surface area contributed by atoms with Gasteiger partial charge >= 0.3 is 5.97 Å². The van der Waals surface area contributed by atoms with E-state index >= 15 is 0 Å². The summed E-state index contributed by atoms with van der Waals surface area (Å²) in [5, 5.41) is 2.54. The van der Waals surface area contributed by atoms with E-state index in [9.17, 15) is 9.59 Å². The summed E-state index contributed by atoms with van der Waals surface area (Å²) in [5.74, 6) is 1.17. The smallest absolute Gasteiger partial charge is 0.309 e. The Morgan fingerprint density at radius 3 is 2.64 bits per heavy atom. The van der Waals surface area contributed by atoms with E-state index < -0.39 is 0 Å². The molecule has 1 N–H and O–H groups in total. The molecule has 0 aliphatic carbocycles. The zero-order chi connectivity index (χ0) is 11.0. The molecule has 0 saturated heterocycles. The van der Waals surface area contributed by atoms with Crippen LogP contribution in [-0.2, 0) is 14.3 Å². The molecule has 14 heavy (non-hydrogen) atoms. The number of hydrogen-bond donors (Lipinski definition) is 1. The van der Waals surface area contributed by atoms with Crippen molar-refractivity contribution < 1.29 is 14.3 Å². The molecule has 0 saturated carbocycles. The first-order valence-electron chi connectivity index (χ1n) is 4.48. The van der Waals surface area contributed by atoms with Crippen LogP contribution in [0.3, 0.4) is 0 Å². The number of carbonyl (C=O) groups excluding carboxylic acids is 2. The molecule has 0 aliphatic heterocycles. The van der Waals surface area contributed by atoms with Gasteiger partial charge in [-0.3, -0.25) is 9.59 Å². The predicted molar refractivity (Wildman–Crippen MR) is 57.2 cm³/mol. The number of hydrogen-bond acceptors (Lipinski definition) is 4. The lowest BCUT2D eigenvalue weighted by Gasteiger charge is -2.07. The van der Waals surface area contributed by atoms with Crippen LogP contribution in [0.1, 0.15) is 13.3 Å². The van der Waals surface area contributed by atoms with Gasteiger partial charge in [-0.1, -0.05) is 6.92 Å². The van der Waals surface area contributed by atoms with E-state index in [0.717, 1.165) is 5.75 Å². The van der Waals surface area contributed by atoms with Crippen LogP contribution in [0.5, 0.6) is 0 Å². The molecule has 82 valence electrons. The Morgan fingerprint density at radius 1 is 1.50 bits per heavy atom. The van der Waals surface area contributed by atoms with Gasteiger partial charge in [0.05, 0.1) is 13.0 Å². The minimum Gasteiger partial charge on any atom is -0.469 e. The summed E-state index contributed by atoms with van der Waals surface area (Å²) >= 11 is 1.59. The molecule has 0 aromatic carbocycles. The fraction of sp³-hybridized carbons (Fsp3) is 0.778. The molecule has 0 rings (SSSR count). The van der Waals surface area contributed by atoms with E-state index in [0.29, 0.717) is 12.2 Å². The zero-order valence-electron chi connectivity index (χ0n) is 8.83. The summed E-state index contributed by atoms with van der Waals surface area (Å²) < 4.78 is 4.58. The number of ether oxygens (including phenoxy) is 1. The quantitative estimate of drug-likeness (QED) is 0.527. The van der Waals surface area contributed by atoms with E-state index in [1.807, 2.05) is 6.92 Å². The number of thioether (sulfide) groups is 1. The van der Waals surface area contributed by atoms with Crippen LogP contribution < -0.4 is 5.32 Å².